The zero-order valence-electron chi connectivity index (χ0n) is 19.4. The van der Waals surface area contributed by atoms with E-state index in [2.05, 4.69) is 20.9 Å². The van der Waals surface area contributed by atoms with Crippen LogP contribution in [0.1, 0.15) is 5.56 Å². The molecule has 0 spiro atoms. The minimum absolute atomic E-state index is 0.490. The third-order valence-corrected chi connectivity index (χ3v) is 5.05. The van der Waals surface area contributed by atoms with E-state index in [1.54, 1.807) is 75.0 Å². The first-order chi connectivity index (χ1) is 16.9. The highest BCUT2D eigenvalue weighted by atomic mass is 16.5. The first kappa shape index (κ1) is 23.4. The van der Waals surface area contributed by atoms with E-state index in [9.17, 15) is 9.59 Å². The summed E-state index contributed by atoms with van der Waals surface area (Å²) in [7, 11) is 3.13. The number of aromatic nitrogens is 1. The van der Waals surface area contributed by atoms with Crippen LogP contribution >= 0.6 is 0 Å². The van der Waals surface area contributed by atoms with Crippen molar-refractivity contribution in [2.24, 2.45) is 0 Å². The topological polar surface area (TPSA) is 111 Å². The van der Waals surface area contributed by atoms with Crippen LogP contribution in [0.2, 0.25) is 0 Å². The summed E-state index contributed by atoms with van der Waals surface area (Å²) in [5.74, 6) is 2.28. The van der Waals surface area contributed by atoms with Crippen LogP contribution in [0, 0.1) is 6.92 Å². The Morgan fingerprint density at radius 1 is 0.771 bits per heavy atom. The van der Waals surface area contributed by atoms with E-state index in [1.807, 2.05) is 19.1 Å². The van der Waals surface area contributed by atoms with Crippen LogP contribution in [0.3, 0.4) is 0 Å². The Bertz CT molecular complexity index is 1370. The number of pyridine rings is 1. The number of urea groups is 2. The first-order valence-corrected chi connectivity index (χ1v) is 10.7. The molecule has 1 aromatic heterocycles. The molecule has 0 bridgehead atoms. The van der Waals surface area contributed by atoms with E-state index in [-0.39, 0.29) is 0 Å². The summed E-state index contributed by atoms with van der Waals surface area (Å²) < 4.78 is 16.8. The molecule has 4 aromatic rings. The summed E-state index contributed by atoms with van der Waals surface area (Å²) in [6.45, 7) is 1.91. The Hall–Kier alpha value is -4.79. The quantitative estimate of drug-likeness (QED) is 0.332. The van der Waals surface area contributed by atoms with Crippen molar-refractivity contribution in [2.75, 3.05) is 24.9 Å². The molecule has 178 valence electrons. The molecule has 0 saturated heterocycles. The van der Waals surface area contributed by atoms with Crippen LogP contribution in [0.15, 0.2) is 72.9 Å². The molecule has 9 nitrogen and oxygen atoms in total. The highest BCUT2D eigenvalue weighted by molar-refractivity contribution is 6.05. The predicted octanol–water partition coefficient (Wildman–Crippen LogP) is 5.71. The minimum Gasteiger partial charge on any atom is -0.493 e. The number of imide groups is 1. The van der Waals surface area contributed by atoms with Gasteiger partial charge in [0.1, 0.15) is 11.5 Å². The number of nitrogens with one attached hydrogen (secondary N) is 3. The number of hydrogen-bond donors (Lipinski definition) is 3. The van der Waals surface area contributed by atoms with E-state index < -0.39 is 12.1 Å². The van der Waals surface area contributed by atoms with Crippen LogP contribution in [0.4, 0.5) is 21.0 Å². The molecule has 9 heteroatoms. The number of anilines is 2. The molecule has 1 heterocycles. The normalized spacial score (nSPS) is 10.4. The van der Waals surface area contributed by atoms with Gasteiger partial charge in [0.05, 0.1) is 19.7 Å². The van der Waals surface area contributed by atoms with Gasteiger partial charge in [-0.25, -0.2) is 9.59 Å². The number of ether oxygens (including phenoxy) is 3. The number of methoxy groups -OCH3 is 2. The molecule has 3 N–H and O–H groups in total. The number of fused-ring (bicyclic) bond motifs is 1. The van der Waals surface area contributed by atoms with Gasteiger partial charge in [-0.1, -0.05) is 12.1 Å². The third kappa shape index (κ3) is 5.77. The Balaban J connectivity index is 1.40. The largest absolute Gasteiger partial charge is 0.493 e. The average molecular weight is 473 g/mol. The molecule has 0 aliphatic rings. The average Bonchev–Trinajstić information content (AvgIpc) is 2.84. The molecule has 0 unspecified atom stereocenters. The second kappa shape index (κ2) is 10.4. The summed E-state index contributed by atoms with van der Waals surface area (Å²) in [6, 6.07) is 18.0. The summed E-state index contributed by atoms with van der Waals surface area (Å²) in [6.07, 6.45) is 1.64. The van der Waals surface area contributed by atoms with Crippen molar-refractivity contribution in [3.05, 3.63) is 78.5 Å². The fourth-order valence-corrected chi connectivity index (χ4v) is 3.42. The predicted molar refractivity (Wildman–Crippen MR) is 134 cm³/mol. The van der Waals surface area contributed by atoms with E-state index in [0.717, 1.165) is 10.9 Å². The second-order valence-electron chi connectivity index (χ2n) is 7.56. The summed E-state index contributed by atoms with van der Waals surface area (Å²) >= 11 is 0. The number of nitrogens with zero attached hydrogens (tertiary/aromatic N) is 1. The molecule has 0 fully saturated rings. The lowest BCUT2D eigenvalue weighted by Gasteiger charge is -2.13. The van der Waals surface area contributed by atoms with Gasteiger partial charge in [-0.2, -0.15) is 0 Å². The molecule has 4 amide bonds. The van der Waals surface area contributed by atoms with Gasteiger partial charge in [0.25, 0.3) is 0 Å². The van der Waals surface area contributed by atoms with Crippen molar-refractivity contribution in [1.29, 1.82) is 0 Å². The summed E-state index contributed by atoms with van der Waals surface area (Å²) in [4.78, 5) is 28.6. The van der Waals surface area contributed by atoms with Crippen molar-refractivity contribution >= 4 is 34.3 Å². The van der Waals surface area contributed by atoms with E-state index in [1.165, 1.54) is 0 Å². The fourth-order valence-electron chi connectivity index (χ4n) is 3.42. The lowest BCUT2D eigenvalue weighted by atomic mass is 10.2. The molecule has 0 radical (unpaired) electrons. The van der Waals surface area contributed by atoms with Crippen LogP contribution in [0.5, 0.6) is 23.0 Å². The first-order valence-electron chi connectivity index (χ1n) is 10.7. The van der Waals surface area contributed by atoms with Crippen molar-refractivity contribution in [3.63, 3.8) is 0 Å². The van der Waals surface area contributed by atoms with Gasteiger partial charge >= 0.3 is 12.1 Å². The van der Waals surface area contributed by atoms with Crippen molar-refractivity contribution in [1.82, 2.24) is 10.3 Å². The fraction of sp³-hybridized carbons (Fsp3) is 0.115. The lowest BCUT2D eigenvalue weighted by Crippen LogP contribution is -2.37. The third-order valence-electron chi connectivity index (χ3n) is 5.05. The molecule has 0 saturated carbocycles. The summed E-state index contributed by atoms with van der Waals surface area (Å²) in [5, 5.41) is 8.21. The van der Waals surface area contributed by atoms with Gasteiger partial charge in [0.15, 0.2) is 11.5 Å². The molecular weight excluding hydrogens is 448 g/mol. The monoisotopic (exact) mass is 472 g/mol. The Morgan fingerprint density at radius 3 is 2.14 bits per heavy atom. The second-order valence-corrected chi connectivity index (χ2v) is 7.56. The van der Waals surface area contributed by atoms with E-state index in [0.29, 0.717) is 39.9 Å². The van der Waals surface area contributed by atoms with Crippen molar-refractivity contribution < 1.29 is 23.8 Å². The van der Waals surface area contributed by atoms with Gasteiger partial charge in [0, 0.05) is 29.0 Å². The van der Waals surface area contributed by atoms with Gasteiger partial charge in [-0.15, -0.1) is 0 Å². The molecule has 3 aromatic carbocycles. The van der Waals surface area contributed by atoms with E-state index >= 15 is 0 Å². The highest BCUT2D eigenvalue weighted by Crippen LogP contribution is 2.36. The van der Waals surface area contributed by atoms with Gasteiger partial charge in [0.2, 0.25) is 0 Å². The molecule has 0 aliphatic heterocycles. The molecule has 4 rings (SSSR count). The Kier molecular flexibility index (Phi) is 6.96. The van der Waals surface area contributed by atoms with Gasteiger partial charge in [-0.05, 0) is 61.0 Å². The van der Waals surface area contributed by atoms with Gasteiger partial charge in [-0.3, -0.25) is 10.3 Å². The van der Waals surface area contributed by atoms with Crippen LogP contribution < -0.4 is 30.2 Å². The SMILES string of the molecule is COc1cc2nccc(Oc3ccc(NC(=O)NC(=O)Nc4cccc(C)c4)cc3)c2cc1OC. The van der Waals surface area contributed by atoms with Crippen molar-refractivity contribution in [3.8, 4) is 23.0 Å². The Morgan fingerprint density at radius 2 is 1.46 bits per heavy atom. The van der Waals surface area contributed by atoms with Crippen LogP contribution in [-0.2, 0) is 0 Å². The standard InChI is InChI=1S/C26H24N4O5/c1-16-5-4-6-18(13-16)29-26(32)30-25(31)28-17-7-9-19(10-8-17)35-22-11-12-27-21-15-24(34-3)23(33-2)14-20(21)22/h4-15H,1-3H3,(H3,28,29,30,31,32). The number of benzene rings is 3. The number of carbonyl (C=O) groups is 2. The minimum atomic E-state index is -0.662. The Labute approximate surface area is 202 Å². The number of amides is 4. The van der Waals surface area contributed by atoms with Crippen LogP contribution in [-0.4, -0.2) is 31.3 Å². The zero-order chi connectivity index (χ0) is 24.8. The molecule has 35 heavy (non-hydrogen) atoms. The molecular formula is C26H24N4O5. The maximum atomic E-state index is 12.2. The van der Waals surface area contributed by atoms with Crippen molar-refractivity contribution in [2.45, 2.75) is 6.92 Å². The maximum Gasteiger partial charge on any atom is 0.327 e. The maximum absolute atomic E-state index is 12.2. The number of carbonyl (C=O) groups excluding carboxylic acids is 2. The number of hydrogen-bond acceptors (Lipinski definition) is 6. The zero-order valence-corrected chi connectivity index (χ0v) is 19.4. The summed E-state index contributed by atoms with van der Waals surface area (Å²) in [5.41, 5.74) is 2.77. The molecule has 0 aliphatic carbocycles. The lowest BCUT2D eigenvalue weighted by molar-refractivity contribution is 0.240. The number of rotatable bonds is 6. The van der Waals surface area contributed by atoms with Gasteiger partial charge < -0.3 is 24.8 Å². The number of aryl methyl sites for hydroxylation is 1. The highest BCUT2D eigenvalue weighted by Gasteiger charge is 2.12. The smallest absolute Gasteiger partial charge is 0.327 e. The molecule has 0 atom stereocenters. The van der Waals surface area contributed by atoms with E-state index in [4.69, 9.17) is 14.2 Å². The van der Waals surface area contributed by atoms with Crippen LogP contribution in [0.25, 0.3) is 10.9 Å².